The second kappa shape index (κ2) is 7.98. The second-order valence-electron chi connectivity index (χ2n) is 5.44. The molecule has 0 saturated heterocycles. The molecule has 0 bridgehead atoms. The van der Waals surface area contributed by atoms with Crippen molar-refractivity contribution in [2.45, 2.75) is 45.6 Å². The van der Waals surface area contributed by atoms with E-state index in [0.29, 0.717) is 30.9 Å². The number of ether oxygens (including phenoxy) is 1. The van der Waals surface area contributed by atoms with Crippen LogP contribution in [-0.4, -0.2) is 24.6 Å². The molecule has 0 fully saturated rings. The van der Waals surface area contributed by atoms with E-state index >= 15 is 0 Å². The van der Waals surface area contributed by atoms with Gasteiger partial charge in [0.2, 0.25) is 5.91 Å². The highest BCUT2D eigenvalue weighted by atomic mass is 19.1. The Morgan fingerprint density at radius 3 is 2.71 bits per heavy atom. The van der Waals surface area contributed by atoms with Crippen LogP contribution >= 0.6 is 0 Å². The van der Waals surface area contributed by atoms with Crippen molar-refractivity contribution in [1.29, 1.82) is 0 Å². The summed E-state index contributed by atoms with van der Waals surface area (Å²) in [7, 11) is 0. The fourth-order valence-electron chi connectivity index (χ4n) is 2.17. The van der Waals surface area contributed by atoms with Gasteiger partial charge in [0.15, 0.2) is 0 Å². The Labute approximate surface area is 125 Å². The maximum atomic E-state index is 13.1. The first kappa shape index (κ1) is 17.4. The van der Waals surface area contributed by atoms with Crippen molar-refractivity contribution < 1.29 is 13.9 Å². The van der Waals surface area contributed by atoms with Gasteiger partial charge in [0, 0.05) is 0 Å². The van der Waals surface area contributed by atoms with Crippen molar-refractivity contribution in [3.8, 4) is 5.75 Å². The molecule has 0 spiro atoms. The summed E-state index contributed by atoms with van der Waals surface area (Å²) in [6.07, 6.45) is 2.30. The van der Waals surface area contributed by atoms with Crippen LogP contribution in [0.3, 0.4) is 0 Å². The summed E-state index contributed by atoms with van der Waals surface area (Å²) >= 11 is 0. The van der Waals surface area contributed by atoms with E-state index in [1.165, 1.54) is 6.07 Å². The van der Waals surface area contributed by atoms with Gasteiger partial charge in [-0.2, -0.15) is 0 Å². The Bertz CT molecular complexity index is 479. The Morgan fingerprint density at radius 2 is 2.14 bits per heavy atom. The molecule has 0 saturated carbocycles. The lowest BCUT2D eigenvalue weighted by molar-refractivity contribution is -0.124. The second-order valence-corrected chi connectivity index (χ2v) is 5.44. The van der Waals surface area contributed by atoms with Gasteiger partial charge < -0.3 is 15.8 Å². The number of amides is 1. The van der Waals surface area contributed by atoms with Crippen LogP contribution in [0.25, 0.3) is 0 Å². The number of carbonyl (C=O) groups is 1. The molecule has 0 aromatic heterocycles. The normalized spacial score (nSPS) is 13.7. The Balaban J connectivity index is 2.33. The van der Waals surface area contributed by atoms with Gasteiger partial charge in [-0.1, -0.05) is 6.92 Å². The van der Waals surface area contributed by atoms with Crippen molar-refractivity contribution in [2.24, 2.45) is 5.73 Å². The molecular weight excluding hydrogens is 271 g/mol. The number of carbonyl (C=O) groups excluding carboxylic acids is 1. The van der Waals surface area contributed by atoms with Gasteiger partial charge in [-0.05, 0) is 63.4 Å². The van der Waals surface area contributed by atoms with Gasteiger partial charge in [0.25, 0.3) is 0 Å². The van der Waals surface area contributed by atoms with Crippen LogP contribution in [0, 0.1) is 12.7 Å². The summed E-state index contributed by atoms with van der Waals surface area (Å²) in [5.74, 6) is 0.0999. The summed E-state index contributed by atoms with van der Waals surface area (Å²) < 4.78 is 18.7. The molecule has 1 atom stereocenters. The largest absolute Gasteiger partial charge is 0.494 e. The van der Waals surface area contributed by atoms with Gasteiger partial charge in [-0.3, -0.25) is 4.79 Å². The third-order valence-electron chi connectivity index (χ3n) is 3.58. The molecule has 0 radical (unpaired) electrons. The van der Waals surface area contributed by atoms with Crippen LogP contribution in [0.5, 0.6) is 5.75 Å². The van der Waals surface area contributed by atoms with Crippen LogP contribution in [0.4, 0.5) is 4.39 Å². The number of nitrogens with one attached hydrogen (secondary N) is 1. The van der Waals surface area contributed by atoms with E-state index in [1.807, 2.05) is 13.8 Å². The van der Waals surface area contributed by atoms with E-state index in [2.05, 4.69) is 5.32 Å². The summed E-state index contributed by atoms with van der Waals surface area (Å²) in [5.41, 5.74) is 5.33. The average molecular weight is 296 g/mol. The number of nitrogens with two attached hydrogens (primary N) is 1. The minimum Gasteiger partial charge on any atom is -0.494 e. The van der Waals surface area contributed by atoms with Crippen molar-refractivity contribution in [3.63, 3.8) is 0 Å². The molecule has 21 heavy (non-hydrogen) atoms. The van der Waals surface area contributed by atoms with E-state index in [-0.39, 0.29) is 11.7 Å². The van der Waals surface area contributed by atoms with Gasteiger partial charge in [0.1, 0.15) is 11.6 Å². The van der Waals surface area contributed by atoms with E-state index in [9.17, 15) is 9.18 Å². The van der Waals surface area contributed by atoms with Crippen molar-refractivity contribution >= 4 is 5.91 Å². The Morgan fingerprint density at radius 1 is 1.43 bits per heavy atom. The number of primary amides is 1. The lowest BCUT2D eigenvalue weighted by Gasteiger charge is -2.26. The van der Waals surface area contributed by atoms with E-state index in [4.69, 9.17) is 10.5 Å². The molecule has 1 unspecified atom stereocenters. The van der Waals surface area contributed by atoms with Crippen molar-refractivity contribution in [1.82, 2.24) is 5.32 Å². The van der Waals surface area contributed by atoms with Gasteiger partial charge in [-0.15, -0.1) is 0 Å². The molecule has 118 valence electrons. The number of halogens is 1. The number of hydrogen-bond acceptors (Lipinski definition) is 3. The molecule has 0 aliphatic heterocycles. The number of benzene rings is 1. The first-order chi connectivity index (χ1) is 9.89. The monoisotopic (exact) mass is 296 g/mol. The molecule has 5 heteroatoms. The molecule has 3 N–H and O–H groups in total. The number of hydrogen-bond donors (Lipinski definition) is 2. The summed E-state index contributed by atoms with van der Waals surface area (Å²) in [4.78, 5) is 11.5. The number of rotatable bonds is 9. The zero-order valence-electron chi connectivity index (χ0n) is 13.0. The van der Waals surface area contributed by atoms with Crippen LogP contribution in [0.15, 0.2) is 18.2 Å². The summed E-state index contributed by atoms with van der Waals surface area (Å²) in [6.45, 7) is 6.71. The van der Waals surface area contributed by atoms with E-state index < -0.39 is 5.54 Å². The van der Waals surface area contributed by atoms with Crippen LogP contribution < -0.4 is 15.8 Å². The molecule has 0 heterocycles. The third-order valence-corrected chi connectivity index (χ3v) is 3.58. The van der Waals surface area contributed by atoms with Crippen molar-refractivity contribution in [3.05, 3.63) is 29.6 Å². The van der Waals surface area contributed by atoms with Gasteiger partial charge in [-0.25, -0.2) is 4.39 Å². The summed E-state index contributed by atoms with van der Waals surface area (Å²) in [5, 5.41) is 3.12. The zero-order valence-corrected chi connectivity index (χ0v) is 13.0. The highest BCUT2D eigenvalue weighted by molar-refractivity contribution is 5.84. The van der Waals surface area contributed by atoms with Crippen LogP contribution in [0.2, 0.25) is 0 Å². The maximum Gasteiger partial charge on any atom is 0.237 e. The molecule has 0 aliphatic carbocycles. The van der Waals surface area contributed by atoms with Gasteiger partial charge >= 0.3 is 0 Å². The molecule has 1 aromatic rings. The average Bonchev–Trinajstić information content (AvgIpc) is 2.42. The summed E-state index contributed by atoms with van der Waals surface area (Å²) in [6, 6.07) is 4.70. The number of aryl methyl sites for hydroxylation is 1. The first-order valence-electron chi connectivity index (χ1n) is 7.33. The van der Waals surface area contributed by atoms with E-state index in [1.54, 1.807) is 19.1 Å². The Kier molecular flexibility index (Phi) is 6.62. The smallest absolute Gasteiger partial charge is 0.237 e. The topological polar surface area (TPSA) is 64.3 Å². The minimum atomic E-state index is -0.665. The Hall–Kier alpha value is -1.62. The first-order valence-corrected chi connectivity index (χ1v) is 7.33. The lowest BCUT2D eigenvalue weighted by atomic mass is 9.94. The fourth-order valence-corrected chi connectivity index (χ4v) is 2.17. The van der Waals surface area contributed by atoms with E-state index in [0.717, 1.165) is 12.8 Å². The molecule has 1 rings (SSSR count). The van der Waals surface area contributed by atoms with Crippen molar-refractivity contribution in [2.75, 3.05) is 13.2 Å². The number of unbranched alkanes of at least 4 members (excludes halogenated alkanes) is 1. The molecule has 4 nitrogen and oxygen atoms in total. The molecule has 1 amide bonds. The minimum absolute atomic E-state index is 0.231. The predicted molar refractivity (Wildman–Crippen MR) is 81.8 cm³/mol. The van der Waals surface area contributed by atoms with Gasteiger partial charge in [0.05, 0.1) is 12.1 Å². The zero-order chi connectivity index (χ0) is 15.9. The lowest BCUT2D eigenvalue weighted by Crippen LogP contribution is -2.53. The maximum absolute atomic E-state index is 13.1. The van der Waals surface area contributed by atoms with Crippen LogP contribution in [-0.2, 0) is 4.79 Å². The quantitative estimate of drug-likeness (QED) is 0.688. The highest BCUT2D eigenvalue weighted by Gasteiger charge is 2.28. The molecule has 1 aromatic carbocycles. The fraction of sp³-hybridized carbons (Fsp3) is 0.562. The van der Waals surface area contributed by atoms with Crippen LogP contribution in [0.1, 0.15) is 38.7 Å². The SMILES string of the molecule is CCNC(C)(CCCCOc1ccc(F)c(C)c1)C(N)=O. The standard InChI is InChI=1S/C16H25FN2O2/c1-4-19-16(3,15(18)20)9-5-6-10-21-13-7-8-14(17)12(2)11-13/h7-8,11,19H,4-6,9-10H2,1-3H3,(H2,18,20). The predicted octanol–water partition coefficient (Wildman–Crippen LogP) is 2.54. The molecule has 0 aliphatic rings. The third kappa shape index (κ3) is 5.34. The molecular formula is C16H25FN2O2. The highest BCUT2D eigenvalue weighted by Crippen LogP contribution is 2.17. The number of likely N-dealkylation sites (N-methyl/N-ethyl adjacent to an activating group) is 1.